The van der Waals surface area contributed by atoms with Crippen molar-refractivity contribution in [1.82, 2.24) is 25.4 Å². The molecule has 0 radical (unpaired) electrons. The zero-order valence-electron chi connectivity index (χ0n) is 41.1. The molecule has 0 unspecified atom stereocenters. The van der Waals surface area contributed by atoms with Crippen LogP contribution < -0.4 is 5.32 Å². The molecule has 0 saturated carbocycles. The Morgan fingerprint density at radius 1 is 0.986 bits per heavy atom. The van der Waals surface area contributed by atoms with Crippen LogP contribution in [0.25, 0.3) is 17.3 Å². The van der Waals surface area contributed by atoms with E-state index in [0.717, 1.165) is 16.8 Å². The third-order valence-electron chi connectivity index (χ3n) is 13.7. The molecule has 374 valence electrons. The van der Waals surface area contributed by atoms with Gasteiger partial charge in [0.05, 0.1) is 30.2 Å². The van der Waals surface area contributed by atoms with E-state index in [-0.39, 0.29) is 31.7 Å². The number of pyridine rings is 1. The summed E-state index contributed by atoms with van der Waals surface area (Å²) in [6.07, 6.45) is -0.270. The van der Waals surface area contributed by atoms with Gasteiger partial charge >= 0.3 is 24.2 Å². The number of ketones is 1. The number of rotatable bonds is 12. The first-order valence-electron chi connectivity index (χ1n) is 23.6. The molecular formula is C51H67N5O13. The van der Waals surface area contributed by atoms with E-state index in [1.165, 1.54) is 6.20 Å². The third kappa shape index (κ3) is 12.5. The number of hydrogen-bond donors (Lipinski definition) is 2. The summed E-state index contributed by atoms with van der Waals surface area (Å²) in [5, 5.41) is 22.7. The van der Waals surface area contributed by atoms with Crippen LogP contribution in [0, 0.1) is 23.7 Å². The number of alkyl carbamates (subject to hydrolysis) is 1. The van der Waals surface area contributed by atoms with Crippen molar-refractivity contribution < 1.29 is 62.2 Å². The molecule has 2 N–H and O–H groups in total. The number of aliphatic hydroxyl groups is 1. The Morgan fingerprint density at radius 2 is 1.71 bits per heavy atom. The SMILES string of the molecule is CC[C@H]1OC(=O)[C@H](C)[C@@H](OC(=O)Cc2cccnc2)[C@H](C)[C@@H](O[C@@H]2O[C@H](C)C[C@H](N(C)C)[C@H]2O)[C@](C)(OC(=O)OCC=Cc2ccc(-c3cccnn3)cc2)C[C@@H](C)C(=O)[C@H](C)[C@H]2NC(=O)O[C@@]21C. The fourth-order valence-corrected chi connectivity index (χ4v) is 10.0. The highest BCUT2D eigenvalue weighted by atomic mass is 16.8. The Hall–Kier alpha value is -5.82. The molecule has 3 fully saturated rings. The molecule has 1 aromatic carbocycles. The Kier molecular flexibility index (Phi) is 17.3. The first-order chi connectivity index (χ1) is 32.7. The van der Waals surface area contributed by atoms with Crippen LogP contribution in [0.5, 0.6) is 0 Å². The van der Waals surface area contributed by atoms with Crippen LogP contribution in [0.2, 0.25) is 0 Å². The molecule has 6 rings (SSSR count). The van der Waals surface area contributed by atoms with Crippen LogP contribution in [-0.2, 0) is 54.0 Å². The Balaban J connectivity index is 1.40. The van der Waals surface area contributed by atoms with Gasteiger partial charge in [0, 0.05) is 47.9 Å². The number of aromatic nitrogens is 3. The summed E-state index contributed by atoms with van der Waals surface area (Å²) in [5.74, 6) is -5.92. The number of ether oxygens (including phenoxy) is 7. The lowest BCUT2D eigenvalue weighted by molar-refractivity contribution is -0.300. The molecule has 3 saturated heterocycles. The predicted octanol–water partition coefficient (Wildman–Crippen LogP) is 6.14. The monoisotopic (exact) mass is 957 g/mol. The number of nitrogens with one attached hydrogen (secondary N) is 1. The van der Waals surface area contributed by atoms with Crippen molar-refractivity contribution in [3.05, 3.63) is 84.3 Å². The van der Waals surface area contributed by atoms with Crippen molar-refractivity contribution in [2.24, 2.45) is 23.7 Å². The molecule has 1 amide bonds. The normalized spacial score (nSPS) is 33.4. The second-order valence-electron chi connectivity index (χ2n) is 19.2. The molecule has 0 spiro atoms. The van der Waals surface area contributed by atoms with Gasteiger partial charge in [0.15, 0.2) is 11.9 Å². The zero-order chi connectivity index (χ0) is 50.2. The lowest BCUT2D eigenvalue weighted by Crippen LogP contribution is -2.61. The van der Waals surface area contributed by atoms with Gasteiger partial charge < -0.3 is 48.5 Å². The van der Waals surface area contributed by atoms with E-state index in [4.69, 9.17) is 33.2 Å². The number of benzene rings is 1. The Labute approximate surface area is 403 Å². The van der Waals surface area contributed by atoms with Gasteiger partial charge in [-0.1, -0.05) is 64.1 Å². The number of aliphatic hydroxyl groups excluding tert-OH is 1. The lowest BCUT2D eigenvalue weighted by atomic mass is 9.73. The summed E-state index contributed by atoms with van der Waals surface area (Å²) in [6, 6.07) is 13.2. The van der Waals surface area contributed by atoms with Crippen molar-refractivity contribution >= 4 is 36.0 Å². The number of amides is 1. The van der Waals surface area contributed by atoms with Gasteiger partial charge in [-0.25, -0.2) is 9.59 Å². The topological polar surface area (TPSA) is 224 Å². The maximum Gasteiger partial charge on any atom is 0.509 e. The maximum atomic E-state index is 14.7. The molecule has 18 heteroatoms. The van der Waals surface area contributed by atoms with Gasteiger partial charge in [-0.15, -0.1) is 0 Å². The van der Waals surface area contributed by atoms with E-state index in [0.29, 0.717) is 12.0 Å². The minimum Gasteiger partial charge on any atom is -0.461 e. The van der Waals surface area contributed by atoms with Gasteiger partial charge in [0.25, 0.3) is 0 Å². The van der Waals surface area contributed by atoms with E-state index in [2.05, 4.69) is 20.5 Å². The number of fused-ring (bicyclic) bond motifs is 1. The average molecular weight is 958 g/mol. The highest BCUT2D eigenvalue weighted by Gasteiger charge is 2.58. The summed E-state index contributed by atoms with van der Waals surface area (Å²) < 4.78 is 43.5. The summed E-state index contributed by atoms with van der Waals surface area (Å²) >= 11 is 0. The van der Waals surface area contributed by atoms with E-state index >= 15 is 0 Å². The molecular weight excluding hydrogens is 891 g/mol. The van der Waals surface area contributed by atoms with Crippen LogP contribution in [0.4, 0.5) is 9.59 Å². The number of hydrogen-bond acceptors (Lipinski definition) is 17. The van der Waals surface area contributed by atoms with Crippen LogP contribution in [0.15, 0.2) is 73.2 Å². The predicted molar refractivity (Wildman–Crippen MR) is 251 cm³/mol. The van der Waals surface area contributed by atoms with Crippen molar-refractivity contribution in [1.29, 1.82) is 0 Å². The Morgan fingerprint density at radius 3 is 2.36 bits per heavy atom. The van der Waals surface area contributed by atoms with E-state index < -0.39 is 108 Å². The highest BCUT2D eigenvalue weighted by molar-refractivity contribution is 5.85. The number of esters is 2. The number of carbonyl (C=O) groups excluding carboxylic acids is 5. The number of Topliss-reactive ketones (excluding diaryl/α,β-unsaturated/α-hetero) is 1. The van der Waals surface area contributed by atoms with E-state index in [1.54, 1.807) is 91.2 Å². The van der Waals surface area contributed by atoms with Crippen molar-refractivity contribution in [2.45, 2.75) is 141 Å². The fraction of sp³-hybridized carbons (Fsp3) is 0.569. The molecule has 14 atom stereocenters. The largest absolute Gasteiger partial charge is 0.509 e. The van der Waals surface area contributed by atoms with Gasteiger partial charge in [-0.2, -0.15) is 10.2 Å². The molecule has 2 aromatic heterocycles. The standard InChI is InChI=1S/C51H67N5O13/c1-11-39-51(8)44(54-48(61)68-51)31(4)41(58)29(2)27-50(7,69-49(62)63-24-14-16-34-18-20-36(21-19-34)37-17-13-23-53-55-37)45(67-47-42(59)38(56(9)10)25-30(3)64-47)32(5)43(33(6)46(60)65-39)66-40(57)26-35-15-12-22-52-28-35/h12-23,28-33,38-39,42-45,47,59H,11,24-27H2,1-10H3,(H,54,61)/t29-,30-,31+,32+,33-,38+,39-,42-,43+,44-,45-,47+,50-,51-/m1/s1. The highest BCUT2D eigenvalue weighted by Crippen LogP contribution is 2.42. The fourth-order valence-electron chi connectivity index (χ4n) is 10.0. The molecule has 5 heterocycles. The average Bonchev–Trinajstić information content (AvgIpc) is 3.64. The van der Waals surface area contributed by atoms with Gasteiger partial charge in [-0.05, 0) is 96.5 Å². The lowest BCUT2D eigenvalue weighted by Gasteiger charge is -2.48. The van der Waals surface area contributed by atoms with Gasteiger partial charge in [-0.3, -0.25) is 19.4 Å². The van der Waals surface area contributed by atoms with Crippen molar-refractivity contribution in [3.8, 4) is 11.3 Å². The Bertz CT molecular complexity index is 2270. The number of likely N-dealkylation sites (N-methyl/N-ethyl adjacent to an activating group) is 1. The van der Waals surface area contributed by atoms with Gasteiger partial charge in [0.2, 0.25) is 0 Å². The van der Waals surface area contributed by atoms with Crippen molar-refractivity contribution in [2.75, 3.05) is 20.7 Å². The number of nitrogens with zero attached hydrogens (tertiary/aromatic N) is 4. The first kappa shape index (κ1) is 52.5. The summed E-state index contributed by atoms with van der Waals surface area (Å²) in [5.41, 5.74) is -0.370. The number of cyclic esters (lactones) is 1. The van der Waals surface area contributed by atoms with Gasteiger partial charge in [0.1, 0.15) is 42.4 Å². The van der Waals surface area contributed by atoms with Crippen LogP contribution in [0.1, 0.15) is 85.8 Å². The minimum atomic E-state index is -1.84. The van der Waals surface area contributed by atoms with Crippen LogP contribution >= 0.6 is 0 Å². The molecule has 0 bridgehead atoms. The first-order valence-corrected chi connectivity index (χ1v) is 23.6. The molecule has 0 aliphatic carbocycles. The quantitative estimate of drug-likeness (QED) is 0.154. The molecule has 3 aromatic rings. The van der Waals surface area contributed by atoms with Crippen LogP contribution in [-0.4, -0.2) is 136 Å². The molecule has 18 nitrogen and oxygen atoms in total. The molecule has 69 heavy (non-hydrogen) atoms. The minimum absolute atomic E-state index is 0.200. The van der Waals surface area contributed by atoms with E-state index in [1.807, 2.05) is 56.3 Å². The molecule has 3 aliphatic heterocycles. The summed E-state index contributed by atoms with van der Waals surface area (Å²) in [7, 11) is 3.65. The zero-order valence-corrected chi connectivity index (χ0v) is 41.1. The molecule has 3 aliphatic rings. The van der Waals surface area contributed by atoms with E-state index in [9.17, 15) is 29.1 Å². The summed E-state index contributed by atoms with van der Waals surface area (Å²) in [4.78, 5) is 76.3. The number of carbonyl (C=O) groups is 5. The second kappa shape index (κ2) is 22.7. The maximum absolute atomic E-state index is 14.7. The smallest absolute Gasteiger partial charge is 0.461 e. The summed E-state index contributed by atoms with van der Waals surface area (Å²) in [6.45, 7) is 13.1. The third-order valence-corrected chi connectivity index (χ3v) is 13.7. The van der Waals surface area contributed by atoms with Crippen LogP contribution in [0.3, 0.4) is 0 Å². The second-order valence-corrected chi connectivity index (χ2v) is 19.2. The van der Waals surface area contributed by atoms with Crippen molar-refractivity contribution in [3.63, 3.8) is 0 Å².